The summed E-state index contributed by atoms with van der Waals surface area (Å²) in [7, 11) is -3.21. The molecule has 0 spiro atoms. The molecule has 10 nitrogen and oxygen atoms in total. The first-order chi connectivity index (χ1) is 17.1. The number of hydrogen-bond donors (Lipinski definition) is 1. The molecule has 4 heterocycles. The molecule has 4 aliphatic rings. The lowest BCUT2D eigenvalue weighted by molar-refractivity contribution is -0.385. The summed E-state index contributed by atoms with van der Waals surface area (Å²) in [5.74, 6) is -1.82. The number of aliphatic imine (C=N–C) groups is 1. The molecule has 0 saturated carbocycles. The Labute approximate surface area is 205 Å². The summed E-state index contributed by atoms with van der Waals surface area (Å²) in [4.78, 5) is 30.5. The van der Waals surface area contributed by atoms with Gasteiger partial charge in [-0.2, -0.15) is 4.36 Å². The van der Waals surface area contributed by atoms with Crippen LogP contribution in [-0.4, -0.2) is 55.4 Å². The summed E-state index contributed by atoms with van der Waals surface area (Å²) >= 11 is 0. The van der Waals surface area contributed by atoms with E-state index in [9.17, 15) is 28.6 Å². The zero-order valence-corrected chi connectivity index (χ0v) is 19.9. The molecule has 2 bridgehead atoms. The average Bonchev–Trinajstić information content (AvgIpc) is 3.45. The number of amidine groups is 1. The number of benzene rings is 2. The highest BCUT2D eigenvalue weighted by Gasteiger charge is 2.58. The number of fused-ring (bicyclic) bond motifs is 6. The first-order valence-corrected chi connectivity index (χ1v) is 13.3. The van der Waals surface area contributed by atoms with Gasteiger partial charge in [0.05, 0.1) is 49.4 Å². The Morgan fingerprint density at radius 2 is 1.94 bits per heavy atom. The van der Waals surface area contributed by atoms with Crippen molar-refractivity contribution in [3.05, 3.63) is 75.3 Å². The minimum atomic E-state index is -3.21. The largest absolute Gasteiger partial charge is 0.511 e. The highest BCUT2D eigenvalue weighted by atomic mass is 32.2. The first-order valence-electron chi connectivity index (χ1n) is 11.4. The number of halogens is 1. The molecule has 1 unspecified atom stereocenters. The van der Waals surface area contributed by atoms with E-state index in [4.69, 9.17) is 4.74 Å². The van der Waals surface area contributed by atoms with Gasteiger partial charge in [-0.25, -0.2) is 13.6 Å². The summed E-state index contributed by atoms with van der Waals surface area (Å²) in [5, 5.41) is 22.5. The van der Waals surface area contributed by atoms with Crippen LogP contribution in [-0.2, 0) is 25.8 Å². The number of ether oxygens (including phenoxy) is 1. The van der Waals surface area contributed by atoms with Gasteiger partial charge < -0.3 is 14.7 Å². The summed E-state index contributed by atoms with van der Waals surface area (Å²) in [6.07, 6.45) is 2.26. The zero-order chi connectivity index (χ0) is 25.4. The van der Waals surface area contributed by atoms with Gasteiger partial charge in [0.15, 0.2) is 5.84 Å². The first kappa shape index (κ1) is 22.8. The predicted molar refractivity (Wildman–Crippen MR) is 127 cm³/mol. The van der Waals surface area contributed by atoms with E-state index in [0.717, 1.165) is 12.8 Å². The average molecular weight is 513 g/mol. The van der Waals surface area contributed by atoms with Crippen LogP contribution in [0.1, 0.15) is 18.4 Å². The van der Waals surface area contributed by atoms with Gasteiger partial charge in [0.2, 0.25) is 0 Å². The molecule has 2 aromatic carbocycles. The molecule has 2 aromatic rings. The second-order valence-corrected chi connectivity index (χ2v) is 11.6. The van der Waals surface area contributed by atoms with Crippen LogP contribution < -0.4 is 0 Å². The lowest BCUT2D eigenvalue weighted by atomic mass is 9.78. The zero-order valence-electron chi connectivity index (χ0n) is 19.0. The number of hydrogen-bond acceptors (Lipinski definition) is 8. The van der Waals surface area contributed by atoms with E-state index >= 15 is 0 Å². The Balaban J connectivity index is 1.47. The van der Waals surface area contributed by atoms with Crippen molar-refractivity contribution in [3.63, 3.8) is 0 Å². The highest BCUT2D eigenvalue weighted by molar-refractivity contribution is 7.93. The number of aliphatic hydroxyl groups is 1. The molecular weight excluding hydrogens is 491 g/mol. The number of rotatable bonds is 4. The number of amides is 1. The molecule has 0 aliphatic carbocycles. The topological polar surface area (TPSA) is 135 Å². The van der Waals surface area contributed by atoms with Crippen molar-refractivity contribution in [3.8, 4) is 0 Å². The standard InChI is InChI=1S/C24H21FN4O6S/c1-36(34)18-10-14(29(32)33)6-7-15(18)26-23(27-36)20-22(30)19-16-8-9-17(35-16)21(19)28(24(20)31)11-12-2-4-13(25)5-3-12/h2-7,10,16-17,19,21,30H,8-9,11H2,1H3/t16-,17+,19+,21-,36?/m0/s1. The van der Waals surface area contributed by atoms with Crippen molar-refractivity contribution in [1.82, 2.24) is 4.90 Å². The number of carbonyl (C=O) groups is 1. The van der Waals surface area contributed by atoms with E-state index in [1.54, 1.807) is 17.0 Å². The van der Waals surface area contributed by atoms with Crippen LogP contribution in [0, 0.1) is 21.8 Å². The molecule has 36 heavy (non-hydrogen) atoms. The van der Waals surface area contributed by atoms with E-state index < -0.39 is 38.3 Å². The molecule has 0 aromatic heterocycles. The second kappa shape index (κ2) is 7.93. The maximum atomic E-state index is 13.8. The monoisotopic (exact) mass is 512 g/mol. The van der Waals surface area contributed by atoms with Crippen LogP contribution >= 0.6 is 0 Å². The molecular formula is C24H21FN4O6S. The number of carbonyl (C=O) groups excluding carboxylic acids is 1. The quantitative estimate of drug-likeness (QED) is 0.491. The number of aliphatic hydroxyl groups excluding tert-OH is 1. The van der Waals surface area contributed by atoms with E-state index in [2.05, 4.69) is 9.36 Å². The van der Waals surface area contributed by atoms with Crippen molar-refractivity contribution >= 4 is 32.8 Å². The fourth-order valence-corrected chi connectivity index (χ4v) is 6.98. The van der Waals surface area contributed by atoms with Crippen molar-refractivity contribution in [2.24, 2.45) is 15.3 Å². The fourth-order valence-electron chi connectivity index (χ4n) is 5.58. The van der Waals surface area contributed by atoms with E-state index in [-0.39, 0.29) is 52.2 Å². The van der Waals surface area contributed by atoms with Crippen LogP contribution in [0.4, 0.5) is 15.8 Å². The van der Waals surface area contributed by atoms with Crippen molar-refractivity contribution in [2.75, 3.05) is 6.26 Å². The summed E-state index contributed by atoms with van der Waals surface area (Å²) in [5.41, 5.74) is 0.475. The Kier molecular flexibility index (Phi) is 5.02. The third-order valence-corrected chi connectivity index (χ3v) is 8.84. The van der Waals surface area contributed by atoms with Crippen LogP contribution in [0.3, 0.4) is 0 Å². The van der Waals surface area contributed by atoms with Crippen LogP contribution in [0.5, 0.6) is 0 Å². The minimum Gasteiger partial charge on any atom is -0.511 e. The third kappa shape index (κ3) is 3.43. The summed E-state index contributed by atoms with van der Waals surface area (Å²) < 4.78 is 37.2. The molecule has 5 atom stereocenters. The SMILES string of the molecule is CS1(=O)=NC(C2=C(O)[C@H]3[C@H]([C@H]4CC[C@@H]3O4)N(Cc3ccc(F)cc3)C2=O)=Nc2ccc([N+](=O)[O-])cc21. The molecule has 1 amide bonds. The number of nitro groups is 1. The summed E-state index contributed by atoms with van der Waals surface area (Å²) in [6.45, 7) is 0.154. The lowest BCUT2D eigenvalue weighted by Gasteiger charge is -2.41. The van der Waals surface area contributed by atoms with Crippen LogP contribution in [0.15, 0.2) is 68.0 Å². The molecule has 2 fully saturated rings. The van der Waals surface area contributed by atoms with E-state index in [1.165, 1.54) is 36.6 Å². The van der Waals surface area contributed by atoms with Crippen molar-refractivity contribution in [1.29, 1.82) is 0 Å². The van der Waals surface area contributed by atoms with Gasteiger partial charge in [-0.05, 0) is 36.6 Å². The number of nitrogens with zero attached hydrogens (tertiary/aromatic N) is 4. The second-order valence-electron chi connectivity index (χ2n) is 9.36. The molecule has 12 heteroatoms. The van der Waals surface area contributed by atoms with Crippen LogP contribution in [0.25, 0.3) is 0 Å². The molecule has 4 aliphatic heterocycles. The fraction of sp³-hybridized carbons (Fsp3) is 0.333. The van der Waals surface area contributed by atoms with Gasteiger partial charge in [0, 0.05) is 24.9 Å². The number of nitro benzene ring substituents is 1. The molecule has 0 radical (unpaired) electrons. The van der Waals surface area contributed by atoms with Crippen LogP contribution in [0.2, 0.25) is 0 Å². The van der Waals surface area contributed by atoms with E-state index in [0.29, 0.717) is 5.56 Å². The maximum Gasteiger partial charge on any atom is 0.270 e. The minimum absolute atomic E-state index is 0.0908. The maximum absolute atomic E-state index is 13.8. The molecule has 2 saturated heterocycles. The van der Waals surface area contributed by atoms with Gasteiger partial charge in [-0.15, -0.1) is 0 Å². The van der Waals surface area contributed by atoms with Gasteiger partial charge in [0.1, 0.15) is 17.1 Å². The predicted octanol–water partition coefficient (Wildman–Crippen LogP) is 3.63. The molecule has 186 valence electrons. The van der Waals surface area contributed by atoms with Crippen molar-refractivity contribution < 1.29 is 28.2 Å². The normalized spacial score (nSPS) is 30.6. The van der Waals surface area contributed by atoms with Crippen molar-refractivity contribution in [2.45, 2.75) is 42.5 Å². The Bertz CT molecular complexity index is 1510. The Morgan fingerprint density at radius 3 is 2.67 bits per heavy atom. The lowest BCUT2D eigenvalue weighted by Crippen LogP contribution is -2.55. The van der Waals surface area contributed by atoms with E-state index in [1.807, 2.05) is 0 Å². The highest BCUT2D eigenvalue weighted by Crippen LogP contribution is 2.49. The number of non-ortho nitro benzene ring substituents is 1. The third-order valence-electron chi connectivity index (χ3n) is 7.18. The Hall–Kier alpha value is -3.64. The van der Waals surface area contributed by atoms with Gasteiger partial charge in [-0.1, -0.05) is 12.1 Å². The van der Waals surface area contributed by atoms with Gasteiger partial charge in [0.25, 0.3) is 11.6 Å². The smallest absolute Gasteiger partial charge is 0.270 e. The van der Waals surface area contributed by atoms with Gasteiger partial charge in [-0.3, -0.25) is 14.9 Å². The summed E-state index contributed by atoms with van der Waals surface area (Å²) in [6, 6.07) is 9.16. The van der Waals surface area contributed by atoms with Gasteiger partial charge >= 0.3 is 0 Å². The molecule has 6 rings (SSSR count). The Morgan fingerprint density at radius 1 is 1.22 bits per heavy atom. The molecule has 1 N–H and O–H groups in total.